The van der Waals surface area contributed by atoms with Crippen LogP contribution in [0.5, 0.6) is 0 Å². The van der Waals surface area contributed by atoms with Crippen LogP contribution >= 0.6 is 0 Å². The molecule has 5 nitrogen and oxygen atoms in total. The predicted octanol–water partition coefficient (Wildman–Crippen LogP) is 6.58. The number of fused-ring (bicyclic) bond motifs is 1. The molecule has 0 radical (unpaired) electrons. The van der Waals surface area contributed by atoms with E-state index < -0.39 is 5.76 Å². The summed E-state index contributed by atoms with van der Waals surface area (Å²) in [5.41, 5.74) is 7.89. The van der Waals surface area contributed by atoms with Crippen molar-refractivity contribution in [3.8, 4) is 45.0 Å². The highest BCUT2D eigenvalue weighted by Crippen LogP contribution is 2.30. The van der Waals surface area contributed by atoms with E-state index in [9.17, 15) is 4.79 Å². The maximum atomic E-state index is 11.5. The highest BCUT2D eigenvalue weighted by atomic mass is 16.4. The number of benzene rings is 4. The van der Waals surface area contributed by atoms with E-state index in [1.807, 2.05) is 72.8 Å². The van der Waals surface area contributed by atoms with Gasteiger partial charge in [0.15, 0.2) is 11.4 Å². The minimum absolute atomic E-state index is 0.458. The Balaban J connectivity index is 1.49. The summed E-state index contributed by atoms with van der Waals surface area (Å²) in [6.45, 7) is 0. The molecule has 5 heteroatoms. The summed E-state index contributed by atoms with van der Waals surface area (Å²) in [5, 5.41) is 0. The molecule has 0 spiro atoms. The Labute approximate surface area is 195 Å². The molecule has 0 amide bonds. The van der Waals surface area contributed by atoms with E-state index in [2.05, 4.69) is 35.3 Å². The Bertz CT molecular complexity index is 1610. The van der Waals surface area contributed by atoms with Gasteiger partial charge in [-0.25, -0.2) is 14.8 Å². The van der Waals surface area contributed by atoms with Crippen LogP contribution in [-0.2, 0) is 0 Å². The topological polar surface area (TPSA) is 71.8 Å². The lowest BCUT2D eigenvalue weighted by Gasteiger charge is -2.10. The summed E-state index contributed by atoms with van der Waals surface area (Å²) in [7, 11) is 0. The summed E-state index contributed by atoms with van der Waals surface area (Å²) in [6, 6.07) is 36.0. The minimum Gasteiger partial charge on any atom is -0.408 e. The largest absolute Gasteiger partial charge is 0.417 e. The molecule has 2 aromatic heterocycles. The van der Waals surface area contributed by atoms with Crippen LogP contribution in [0.3, 0.4) is 0 Å². The van der Waals surface area contributed by atoms with E-state index in [1.165, 1.54) is 0 Å². The van der Waals surface area contributed by atoms with Crippen LogP contribution in [-0.4, -0.2) is 15.0 Å². The molecule has 6 aromatic rings. The Hall–Kier alpha value is -4.77. The van der Waals surface area contributed by atoms with Crippen molar-refractivity contribution in [3.63, 3.8) is 0 Å². The fourth-order valence-corrected chi connectivity index (χ4v) is 4.06. The number of H-pyrrole nitrogens is 1. The number of hydrogen-bond donors (Lipinski definition) is 1. The molecule has 2 heterocycles. The first-order valence-electron chi connectivity index (χ1n) is 11.0. The van der Waals surface area contributed by atoms with Gasteiger partial charge in [0.05, 0.1) is 16.9 Å². The van der Waals surface area contributed by atoms with E-state index >= 15 is 0 Å². The number of oxazole rings is 1. The Kier molecular flexibility index (Phi) is 4.85. The summed E-state index contributed by atoms with van der Waals surface area (Å²) in [6.07, 6.45) is 0. The van der Waals surface area contributed by atoms with Crippen molar-refractivity contribution in [3.05, 3.63) is 120 Å². The third kappa shape index (κ3) is 3.80. The van der Waals surface area contributed by atoms with Crippen LogP contribution < -0.4 is 5.76 Å². The summed E-state index contributed by atoms with van der Waals surface area (Å²) >= 11 is 0. The number of rotatable bonds is 4. The third-order valence-corrected chi connectivity index (χ3v) is 5.74. The fourth-order valence-electron chi connectivity index (χ4n) is 4.06. The number of hydrogen-bond acceptors (Lipinski definition) is 4. The molecule has 0 saturated heterocycles. The van der Waals surface area contributed by atoms with Gasteiger partial charge < -0.3 is 4.42 Å². The lowest BCUT2D eigenvalue weighted by molar-refractivity contribution is 0.555. The van der Waals surface area contributed by atoms with E-state index in [-0.39, 0.29) is 0 Å². The minimum atomic E-state index is -0.458. The lowest BCUT2D eigenvalue weighted by Crippen LogP contribution is -1.96. The Morgan fingerprint density at radius 2 is 1.15 bits per heavy atom. The second-order valence-electron chi connectivity index (χ2n) is 8.00. The van der Waals surface area contributed by atoms with Crippen molar-refractivity contribution in [1.82, 2.24) is 15.0 Å². The monoisotopic (exact) mass is 441 g/mol. The molecule has 0 saturated carbocycles. The molecule has 0 bridgehead atoms. The van der Waals surface area contributed by atoms with Crippen molar-refractivity contribution in [2.45, 2.75) is 0 Å². The molecular formula is C29H19N3O2. The normalized spacial score (nSPS) is 11.1. The quantitative estimate of drug-likeness (QED) is 0.335. The van der Waals surface area contributed by atoms with E-state index in [0.717, 1.165) is 39.2 Å². The molecule has 0 unspecified atom stereocenters. The van der Waals surface area contributed by atoms with Crippen molar-refractivity contribution in [2.24, 2.45) is 0 Å². The molecule has 162 valence electrons. The lowest BCUT2D eigenvalue weighted by atomic mass is 10.0. The average Bonchev–Trinajstić information content (AvgIpc) is 3.29. The van der Waals surface area contributed by atoms with Gasteiger partial charge in [0.2, 0.25) is 0 Å². The Morgan fingerprint density at radius 3 is 1.82 bits per heavy atom. The fraction of sp³-hybridized carbons (Fsp3) is 0. The van der Waals surface area contributed by atoms with Gasteiger partial charge in [0.1, 0.15) is 0 Å². The van der Waals surface area contributed by atoms with Gasteiger partial charge >= 0.3 is 5.76 Å². The van der Waals surface area contributed by atoms with Gasteiger partial charge in [-0.15, -0.1) is 0 Å². The van der Waals surface area contributed by atoms with E-state index in [1.54, 1.807) is 6.07 Å². The van der Waals surface area contributed by atoms with Crippen LogP contribution in [0.1, 0.15) is 0 Å². The van der Waals surface area contributed by atoms with Gasteiger partial charge in [0.25, 0.3) is 0 Å². The van der Waals surface area contributed by atoms with Crippen LogP contribution in [0, 0.1) is 0 Å². The second kappa shape index (κ2) is 8.30. The molecule has 0 fully saturated rings. The molecule has 0 aliphatic carbocycles. The highest BCUT2D eigenvalue weighted by molar-refractivity contribution is 5.81. The first-order valence-corrected chi connectivity index (χ1v) is 11.0. The van der Waals surface area contributed by atoms with E-state index in [0.29, 0.717) is 16.9 Å². The summed E-state index contributed by atoms with van der Waals surface area (Å²) in [4.78, 5) is 24.1. The molecule has 6 rings (SSSR count). The van der Waals surface area contributed by atoms with E-state index in [4.69, 9.17) is 14.4 Å². The summed E-state index contributed by atoms with van der Waals surface area (Å²) < 4.78 is 5.13. The SMILES string of the molecule is O=c1[nH]c2cc(-c3cccc(-c4nc(-c5ccccc5)cc(-c5ccccc5)n4)c3)ccc2o1. The molecule has 34 heavy (non-hydrogen) atoms. The molecule has 0 aliphatic heterocycles. The molecular weight excluding hydrogens is 422 g/mol. The number of aromatic nitrogens is 3. The second-order valence-corrected chi connectivity index (χ2v) is 8.00. The maximum absolute atomic E-state index is 11.5. The molecule has 0 atom stereocenters. The van der Waals surface area contributed by atoms with Crippen LogP contribution in [0.25, 0.3) is 56.1 Å². The van der Waals surface area contributed by atoms with Gasteiger partial charge in [0, 0.05) is 16.7 Å². The van der Waals surface area contributed by atoms with Crippen LogP contribution in [0.4, 0.5) is 0 Å². The zero-order valence-corrected chi connectivity index (χ0v) is 18.1. The van der Waals surface area contributed by atoms with Crippen molar-refractivity contribution >= 4 is 11.1 Å². The van der Waals surface area contributed by atoms with Gasteiger partial charge in [-0.2, -0.15) is 0 Å². The standard InChI is InChI=1S/C29H19N3O2/c33-29-32-26-17-22(14-15-27(26)34-29)21-12-7-13-23(16-21)28-30-24(19-8-3-1-4-9-19)18-25(31-28)20-10-5-2-6-11-20/h1-18H,(H,32,33). The number of nitrogens with zero attached hydrogens (tertiary/aromatic N) is 2. The van der Waals surface area contributed by atoms with Gasteiger partial charge in [-0.05, 0) is 35.4 Å². The Morgan fingerprint density at radius 1 is 0.559 bits per heavy atom. The zero-order valence-electron chi connectivity index (χ0n) is 18.1. The zero-order chi connectivity index (χ0) is 22.9. The van der Waals surface area contributed by atoms with Crippen molar-refractivity contribution in [1.29, 1.82) is 0 Å². The molecule has 4 aromatic carbocycles. The highest BCUT2D eigenvalue weighted by Gasteiger charge is 2.12. The average molecular weight is 441 g/mol. The smallest absolute Gasteiger partial charge is 0.408 e. The first-order chi connectivity index (χ1) is 16.7. The number of nitrogens with one attached hydrogen (secondary N) is 1. The third-order valence-electron chi connectivity index (χ3n) is 5.74. The summed E-state index contributed by atoms with van der Waals surface area (Å²) in [5.74, 6) is 0.195. The van der Waals surface area contributed by atoms with Crippen molar-refractivity contribution in [2.75, 3.05) is 0 Å². The van der Waals surface area contributed by atoms with Crippen LogP contribution in [0.2, 0.25) is 0 Å². The van der Waals surface area contributed by atoms with Crippen LogP contribution in [0.15, 0.2) is 118 Å². The maximum Gasteiger partial charge on any atom is 0.417 e. The predicted molar refractivity (Wildman–Crippen MR) is 134 cm³/mol. The van der Waals surface area contributed by atoms with Crippen molar-refractivity contribution < 1.29 is 4.42 Å². The number of aromatic amines is 1. The first kappa shape index (κ1) is 19.9. The van der Waals surface area contributed by atoms with Gasteiger partial charge in [-0.3, -0.25) is 4.98 Å². The van der Waals surface area contributed by atoms with Gasteiger partial charge in [-0.1, -0.05) is 84.9 Å². The molecule has 1 N–H and O–H groups in total. The molecule has 0 aliphatic rings.